The van der Waals surface area contributed by atoms with Gasteiger partial charge in [-0.25, -0.2) is 4.39 Å². The van der Waals surface area contributed by atoms with E-state index in [2.05, 4.69) is 16.3 Å². The van der Waals surface area contributed by atoms with Crippen LogP contribution in [0.5, 0.6) is 0 Å². The average Bonchev–Trinajstić information content (AvgIpc) is 3.67. The smallest absolute Gasteiger partial charge is 0.254 e. The monoisotopic (exact) mass is 449 g/mol. The largest absolute Gasteiger partial charge is 0.396 e. The number of benzene rings is 2. The van der Waals surface area contributed by atoms with Crippen molar-refractivity contribution in [3.8, 4) is 6.07 Å². The summed E-state index contributed by atoms with van der Waals surface area (Å²) in [6.07, 6.45) is 1.93. The summed E-state index contributed by atoms with van der Waals surface area (Å²) < 4.78 is 13.7. The number of carbonyl (C=O) groups excluding carboxylic acids is 2. The van der Waals surface area contributed by atoms with Crippen LogP contribution in [-0.4, -0.2) is 53.3 Å². The molecule has 1 aliphatic heterocycles. The number of nitrogens with two attached hydrogens (primary N) is 1. The minimum atomic E-state index is -0.830. The minimum absolute atomic E-state index is 0.0251. The number of nitrogens with zero attached hydrogens (tertiary/aromatic N) is 3. The SMILES string of the molecule is CC(C#N)(NC(=O)c1cccc(CN2CCN(C(=O)c3ccc(N)c(F)c3)CC2)c1)C1CC1. The molecule has 1 atom stereocenters. The Bertz CT molecular complexity index is 1100. The number of carbonyl (C=O) groups is 2. The molecule has 172 valence electrons. The Labute approximate surface area is 193 Å². The quantitative estimate of drug-likeness (QED) is 0.661. The summed E-state index contributed by atoms with van der Waals surface area (Å²) in [6, 6.07) is 13.8. The van der Waals surface area contributed by atoms with Gasteiger partial charge in [-0.1, -0.05) is 12.1 Å². The number of piperazine rings is 1. The molecule has 1 saturated heterocycles. The van der Waals surface area contributed by atoms with Gasteiger partial charge in [0.15, 0.2) is 0 Å². The van der Waals surface area contributed by atoms with E-state index in [1.54, 1.807) is 24.0 Å². The summed E-state index contributed by atoms with van der Waals surface area (Å²) in [4.78, 5) is 29.3. The van der Waals surface area contributed by atoms with Gasteiger partial charge >= 0.3 is 0 Å². The summed E-state index contributed by atoms with van der Waals surface area (Å²) in [6.45, 7) is 4.85. The normalized spacial score (nSPS) is 18.3. The summed E-state index contributed by atoms with van der Waals surface area (Å²) in [5, 5.41) is 12.4. The Hall–Kier alpha value is -3.44. The van der Waals surface area contributed by atoms with Crippen LogP contribution >= 0.6 is 0 Å². The van der Waals surface area contributed by atoms with Gasteiger partial charge in [0, 0.05) is 43.9 Å². The van der Waals surface area contributed by atoms with Gasteiger partial charge < -0.3 is 16.0 Å². The first kappa shape index (κ1) is 22.7. The predicted octanol–water partition coefficient (Wildman–Crippen LogP) is 2.79. The van der Waals surface area contributed by atoms with Crippen molar-refractivity contribution in [3.05, 3.63) is 65.0 Å². The lowest BCUT2D eigenvalue weighted by atomic mass is 9.97. The second kappa shape index (κ2) is 9.20. The number of nitrogen functional groups attached to an aromatic ring is 1. The molecule has 1 saturated carbocycles. The van der Waals surface area contributed by atoms with Crippen LogP contribution in [0, 0.1) is 23.1 Å². The number of rotatable bonds is 6. The molecule has 3 N–H and O–H groups in total. The number of amides is 2. The number of nitrogens with one attached hydrogen (secondary N) is 1. The lowest BCUT2D eigenvalue weighted by molar-refractivity contribution is 0.0627. The Kier molecular flexibility index (Phi) is 6.34. The van der Waals surface area contributed by atoms with Crippen molar-refractivity contribution >= 4 is 17.5 Å². The Morgan fingerprint density at radius 2 is 1.88 bits per heavy atom. The first-order chi connectivity index (χ1) is 15.8. The molecule has 8 heteroatoms. The minimum Gasteiger partial charge on any atom is -0.396 e. The van der Waals surface area contributed by atoms with E-state index in [0.717, 1.165) is 18.4 Å². The van der Waals surface area contributed by atoms with E-state index in [9.17, 15) is 19.2 Å². The zero-order valence-electron chi connectivity index (χ0n) is 18.7. The highest BCUT2D eigenvalue weighted by atomic mass is 19.1. The Morgan fingerprint density at radius 3 is 2.52 bits per heavy atom. The molecule has 1 heterocycles. The van der Waals surface area contributed by atoms with Gasteiger partial charge in [0.25, 0.3) is 11.8 Å². The lowest BCUT2D eigenvalue weighted by Gasteiger charge is -2.35. The van der Waals surface area contributed by atoms with Crippen molar-refractivity contribution in [2.75, 3.05) is 31.9 Å². The third-order valence-electron chi connectivity index (χ3n) is 6.50. The van der Waals surface area contributed by atoms with E-state index in [4.69, 9.17) is 5.73 Å². The molecule has 2 aromatic carbocycles. The fourth-order valence-corrected chi connectivity index (χ4v) is 4.21. The summed E-state index contributed by atoms with van der Waals surface area (Å²) in [5.74, 6) is -0.809. The molecule has 7 nitrogen and oxygen atoms in total. The third-order valence-corrected chi connectivity index (χ3v) is 6.50. The molecular weight excluding hydrogens is 421 g/mol. The van der Waals surface area contributed by atoms with E-state index in [1.165, 1.54) is 12.1 Å². The molecule has 1 unspecified atom stereocenters. The van der Waals surface area contributed by atoms with Gasteiger partial charge in [0.2, 0.25) is 0 Å². The molecule has 2 fully saturated rings. The van der Waals surface area contributed by atoms with Crippen LogP contribution in [0.1, 0.15) is 46.0 Å². The van der Waals surface area contributed by atoms with Crippen LogP contribution in [0.2, 0.25) is 0 Å². The Balaban J connectivity index is 1.33. The summed E-state index contributed by atoms with van der Waals surface area (Å²) in [7, 11) is 0. The second-order valence-electron chi connectivity index (χ2n) is 9.05. The highest BCUT2D eigenvalue weighted by Crippen LogP contribution is 2.39. The zero-order chi connectivity index (χ0) is 23.6. The predicted molar refractivity (Wildman–Crippen MR) is 123 cm³/mol. The van der Waals surface area contributed by atoms with Crippen molar-refractivity contribution < 1.29 is 14.0 Å². The van der Waals surface area contributed by atoms with Crippen LogP contribution in [-0.2, 0) is 6.54 Å². The standard InChI is InChI=1S/C25H28FN5O2/c1-25(16-27,20-6-7-20)29-23(32)18-4-2-3-17(13-18)15-30-9-11-31(12-10-30)24(33)19-5-8-22(28)21(26)14-19/h2-5,8,13-14,20H,6-7,9-12,15,28H2,1H3,(H,29,32). The molecule has 4 rings (SSSR count). The second-order valence-corrected chi connectivity index (χ2v) is 9.05. The van der Waals surface area contributed by atoms with Crippen molar-refractivity contribution in [1.29, 1.82) is 5.26 Å². The van der Waals surface area contributed by atoms with E-state index >= 15 is 0 Å². The number of anilines is 1. The van der Waals surface area contributed by atoms with Crippen molar-refractivity contribution in [2.45, 2.75) is 31.8 Å². The molecule has 0 aromatic heterocycles. The van der Waals surface area contributed by atoms with Crippen LogP contribution < -0.4 is 11.1 Å². The van der Waals surface area contributed by atoms with Gasteiger partial charge in [-0.2, -0.15) is 5.26 Å². The summed E-state index contributed by atoms with van der Waals surface area (Å²) in [5.41, 5.74) is 6.52. The van der Waals surface area contributed by atoms with Crippen LogP contribution in [0.4, 0.5) is 10.1 Å². The number of hydrogen-bond donors (Lipinski definition) is 2. The highest BCUT2D eigenvalue weighted by molar-refractivity contribution is 5.95. The van der Waals surface area contributed by atoms with Crippen molar-refractivity contribution in [2.24, 2.45) is 5.92 Å². The maximum absolute atomic E-state index is 13.7. The van der Waals surface area contributed by atoms with Crippen LogP contribution in [0.25, 0.3) is 0 Å². The molecule has 2 amide bonds. The molecule has 0 spiro atoms. The van der Waals surface area contributed by atoms with Crippen LogP contribution in [0.3, 0.4) is 0 Å². The number of nitriles is 1. The van der Waals surface area contributed by atoms with Gasteiger partial charge in [-0.15, -0.1) is 0 Å². The summed E-state index contributed by atoms with van der Waals surface area (Å²) >= 11 is 0. The van der Waals surface area contributed by atoms with Gasteiger partial charge in [0.05, 0.1) is 11.8 Å². The zero-order valence-corrected chi connectivity index (χ0v) is 18.7. The molecule has 2 aliphatic rings. The van der Waals surface area contributed by atoms with E-state index in [0.29, 0.717) is 43.9 Å². The van der Waals surface area contributed by atoms with Crippen molar-refractivity contribution in [1.82, 2.24) is 15.1 Å². The average molecular weight is 450 g/mol. The third kappa shape index (κ3) is 5.15. The first-order valence-electron chi connectivity index (χ1n) is 11.2. The van der Waals surface area contributed by atoms with E-state index < -0.39 is 11.4 Å². The van der Waals surface area contributed by atoms with Gasteiger partial charge in [0.1, 0.15) is 11.4 Å². The van der Waals surface area contributed by atoms with Crippen LogP contribution in [0.15, 0.2) is 42.5 Å². The number of hydrogen-bond acceptors (Lipinski definition) is 5. The highest BCUT2D eigenvalue weighted by Gasteiger charge is 2.43. The van der Waals surface area contributed by atoms with Gasteiger partial charge in [-0.3, -0.25) is 14.5 Å². The maximum atomic E-state index is 13.7. The topological polar surface area (TPSA) is 102 Å². The molecule has 0 radical (unpaired) electrons. The molecule has 0 bridgehead atoms. The first-order valence-corrected chi connectivity index (χ1v) is 11.2. The Morgan fingerprint density at radius 1 is 1.15 bits per heavy atom. The van der Waals surface area contributed by atoms with E-state index in [-0.39, 0.29) is 23.4 Å². The maximum Gasteiger partial charge on any atom is 0.254 e. The van der Waals surface area contributed by atoms with E-state index in [1.807, 2.05) is 18.2 Å². The fourth-order valence-electron chi connectivity index (χ4n) is 4.21. The van der Waals surface area contributed by atoms with Gasteiger partial charge in [-0.05, 0) is 61.6 Å². The molecule has 33 heavy (non-hydrogen) atoms. The lowest BCUT2D eigenvalue weighted by Crippen LogP contribution is -2.48. The molecular formula is C25H28FN5O2. The number of halogens is 1. The molecule has 1 aliphatic carbocycles. The fraction of sp³-hybridized carbons (Fsp3) is 0.400. The molecule has 2 aromatic rings. The van der Waals surface area contributed by atoms with Crippen molar-refractivity contribution in [3.63, 3.8) is 0 Å².